The number of aryl methyl sites for hydroxylation is 1. The zero-order valence-corrected chi connectivity index (χ0v) is 15.2. The molecule has 2 aromatic carbocycles. The number of nitrogens with zero attached hydrogens (tertiary/aromatic N) is 1. The maximum atomic E-state index is 12.9. The summed E-state index contributed by atoms with van der Waals surface area (Å²) in [6, 6.07) is 12.8. The molecule has 1 N–H and O–H groups in total. The van der Waals surface area contributed by atoms with Crippen molar-refractivity contribution in [1.82, 2.24) is 4.90 Å². The van der Waals surface area contributed by atoms with Crippen LogP contribution in [0.4, 0.5) is 5.69 Å². The van der Waals surface area contributed by atoms with Gasteiger partial charge in [0.2, 0.25) is 0 Å². The van der Waals surface area contributed by atoms with Crippen LogP contribution in [0.5, 0.6) is 0 Å². The number of likely N-dealkylation sites (tertiary alicyclic amines) is 1. The molecule has 0 bridgehead atoms. The number of carbonyl (C=O) groups excluding carboxylic acids is 2. The Hall–Kier alpha value is -2.66. The Bertz CT molecular complexity index is 793. The fraction of sp³-hybridized carbons (Fsp3) is 0.333. The van der Waals surface area contributed by atoms with E-state index >= 15 is 0 Å². The van der Waals surface area contributed by atoms with Crippen molar-refractivity contribution in [3.8, 4) is 0 Å². The molecule has 0 aromatic heterocycles. The predicted molar refractivity (Wildman–Crippen MR) is 101 cm³/mol. The Balaban J connectivity index is 1.81. The third kappa shape index (κ3) is 3.94. The molecule has 0 aliphatic carbocycles. The van der Waals surface area contributed by atoms with Crippen LogP contribution < -0.4 is 5.32 Å². The second-order valence-electron chi connectivity index (χ2n) is 6.58. The molecule has 5 heteroatoms. The van der Waals surface area contributed by atoms with E-state index in [0.29, 0.717) is 23.4 Å². The topological polar surface area (TPSA) is 58.6 Å². The number of rotatable bonds is 5. The first kappa shape index (κ1) is 18.1. The first-order valence-electron chi connectivity index (χ1n) is 8.88. The SMILES string of the molecule is COCc1ccc(C(=O)Nc2cccc(C)c2C(=O)N2CCCC2)cc1. The summed E-state index contributed by atoms with van der Waals surface area (Å²) in [5, 5.41) is 2.91. The van der Waals surface area contributed by atoms with Gasteiger partial charge in [-0.3, -0.25) is 9.59 Å². The van der Waals surface area contributed by atoms with Crippen molar-refractivity contribution in [1.29, 1.82) is 0 Å². The molecule has 2 amide bonds. The number of benzene rings is 2. The molecule has 0 unspecified atom stereocenters. The minimum absolute atomic E-state index is 0.00802. The van der Waals surface area contributed by atoms with Crippen LogP contribution in [0.3, 0.4) is 0 Å². The average Bonchev–Trinajstić information content (AvgIpc) is 3.17. The van der Waals surface area contributed by atoms with Crippen LogP contribution >= 0.6 is 0 Å². The average molecular weight is 352 g/mol. The highest BCUT2D eigenvalue weighted by Gasteiger charge is 2.24. The Kier molecular flexibility index (Phi) is 5.68. The molecule has 136 valence electrons. The summed E-state index contributed by atoms with van der Waals surface area (Å²) < 4.78 is 5.09. The molecule has 2 aromatic rings. The van der Waals surface area contributed by atoms with E-state index in [1.54, 1.807) is 25.3 Å². The summed E-state index contributed by atoms with van der Waals surface area (Å²) in [4.78, 5) is 27.4. The van der Waals surface area contributed by atoms with Gasteiger partial charge in [-0.05, 0) is 49.1 Å². The fourth-order valence-electron chi connectivity index (χ4n) is 3.25. The number of carbonyl (C=O) groups is 2. The maximum absolute atomic E-state index is 12.9. The number of ether oxygens (including phenoxy) is 1. The van der Waals surface area contributed by atoms with Gasteiger partial charge in [0.15, 0.2) is 0 Å². The van der Waals surface area contributed by atoms with E-state index in [-0.39, 0.29) is 11.8 Å². The standard InChI is InChI=1S/C21H24N2O3/c1-15-6-5-7-18(19(15)21(25)23-12-3-4-13-23)22-20(24)17-10-8-16(9-11-17)14-26-2/h5-11H,3-4,12-14H2,1-2H3,(H,22,24). The molecule has 1 heterocycles. The summed E-state index contributed by atoms with van der Waals surface area (Å²) in [7, 11) is 1.64. The van der Waals surface area contributed by atoms with Crippen LogP contribution in [0.2, 0.25) is 0 Å². The zero-order chi connectivity index (χ0) is 18.5. The van der Waals surface area contributed by atoms with Gasteiger partial charge in [0.25, 0.3) is 11.8 Å². The second-order valence-corrected chi connectivity index (χ2v) is 6.58. The largest absolute Gasteiger partial charge is 0.380 e. The van der Waals surface area contributed by atoms with Crippen LogP contribution in [-0.2, 0) is 11.3 Å². The molecule has 3 rings (SSSR count). The molecule has 1 aliphatic heterocycles. The van der Waals surface area contributed by atoms with E-state index in [1.807, 2.05) is 36.1 Å². The number of anilines is 1. The summed E-state index contributed by atoms with van der Waals surface area (Å²) in [5.74, 6) is -0.235. The lowest BCUT2D eigenvalue weighted by Gasteiger charge is -2.19. The minimum atomic E-state index is -0.227. The van der Waals surface area contributed by atoms with E-state index in [9.17, 15) is 9.59 Å². The van der Waals surface area contributed by atoms with Crippen LogP contribution in [0, 0.1) is 6.92 Å². The fourth-order valence-corrected chi connectivity index (χ4v) is 3.25. The predicted octanol–water partition coefficient (Wildman–Crippen LogP) is 3.63. The molecule has 5 nitrogen and oxygen atoms in total. The summed E-state index contributed by atoms with van der Waals surface area (Å²) in [5.41, 5.74) is 3.57. The normalized spacial score (nSPS) is 13.7. The number of nitrogens with one attached hydrogen (secondary N) is 1. The van der Waals surface area contributed by atoms with Gasteiger partial charge in [0.05, 0.1) is 17.9 Å². The van der Waals surface area contributed by atoms with Gasteiger partial charge < -0.3 is 15.0 Å². The van der Waals surface area contributed by atoms with Crippen molar-refractivity contribution in [2.45, 2.75) is 26.4 Å². The molecule has 1 aliphatic rings. The summed E-state index contributed by atoms with van der Waals surface area (Å²) >= 11 is 0. The van der Waals surface area contributed by atoms with E-state index in [4.69, 9.17) is 4.74 Å². The highest BCUT2D eigenvalue weighted by atomic mass is 16.5. The van der Waals surface area contributed by atoms with Crippen molar-refractivity contribution in [3.63, 3.8) is 0 Å². The van der Waals surface area contributed by atoms with Gasteiger partial charge in [-0.2, -0.15) is 0 Å². The molecule has 1 fully saturated rings. The van der Waals surface area contributed by atoms with Crippen LogP contribution in [0.15, 0.2) is 42.5 Å². The second kappa shape index (κ2) is 8.15. The third-order valence-electron chi connectivity index (χ3n) is 4.66. The zero-order valence-electron chi connectivity index (χ0n) is 15.2. The molecule has 0 saturated carbocycles. The lowest BCUT2D eigenvalue weighted by molar-refractivity contribution is 0.0793. The van der Waals surface area contributed by atoms with Crippen molar-refractivity contribution in [2.75, 3.05) is 25.5 Å². The summed E-state index contributed by atoms with van der Waals surface area (Å²) in [6.45, 7) is 3.97. The first-order valence-corrected chi connectivity index (χ1v) is 8.88. The van der Waals surface area contributed by atoms with Crippen LogP contribution in [-0.4, -0.2) is 36.9 Å². The smallest absolute Gasteiger partial charge is 0.256 e. The highest BCUT2D eigenvalue weighted by molar-refractivity contribution is 6.09. The van der Waals surface area contributed by atoms with E-state index < -0.39 is 0 Å². The molecule has 1 saturated heterocycles. The van der Waals surface area contributed by atoms with E-state index in [1.165, 1.54) is 0 Å². The van der Waals surface area contributed by atoms with Gasteiger partial charge in [-0.15, -0.1) is 0 Å². The van der Waals surface area contributed by atoms with E-state index in [2.05, 4.69) is 5.32 Å². The first-order chi connectivity index (χ1) is 12.6. The molecular weight excluding hydrogens is 328 g/mol. The number of methoxy groups -OCH3 is 1. The number of hydrogen-bond acceptors (Lipinski definition) is 3. The van der Waals surface area contributed by atoms with Crippen molar-refractivity contribution < 1.29 is 14.3 Å². The lowest BCUT2D eigenvalue weighted by Crippen LogP contribution is -2.29. The Morgan fingerprint density at radius 2 is 1.77 bits per heavy atom. The van der Waals surface area contributed by atoms with Gasteiger partial charge in [0.1, 0.15) is 0 Å². The highest BCUT2D eigenvalue weighted by Crippen LogP contribution is 2.24. The molecule has 0 radical (unpaired) electrons. The number of amides is 2. The van der Waals surface area contributed by atoms with Gasteiger partial charge in [-0.25, -0.2) is 0 Å². The Morgan fingerprint density at radius 3 is 2.42 bits per heavy atom. The summed E-state index contributed by atoms with van der Waals surface area (Å²) in [6.07, 6.45) is 2.07. The molecule has 0 spiro atoms. The van der Waals surface area contributed by atoms with Gasteiger partial charge >= 0.3 is 0 Å². The van der Waals surface area contributed by atoms with Crippen LogP contribution in [0.1, 0.15) is 44.7 Å². The Morgan fingerprint density at radius 1 is 1.08 bits per heavy atom. The van der Waals surface area contributed by atoms with Crippen molar-refractivity contribution >= 4 is 17.5 Å². The quantitative estimate of drug-likeness (QED) is 0.894. The monoisotopic (exact) mass is 352 g/mol. The Labute approximate surface area is 154 Å². The van der Waals surface area contributed by atoms with Gasteiger partial charge in [0, 0.05) is 25.8 Å². The molecule has 26 heavy (non-hydrogen) atoms. The van der Waals surface area contributed by atoms with Gasteiger partial charge in [-0.1, -0.05) is 24.3 Å². The minimum Gasteiger partial charge on any atom is -0.380 e. The van der Waals surface area contributed by atoms with E-state index in [0.717, 1.165) is 37.1 Å². The molecular formula is C21H24N2O3. The van der Waals surface area contributed by atoms with Crippen LogP contribution in [0.25, 0.3) is 0 Å². The lowest BCUT2D eigenvalue weighted by atomic mass is 10.0. The maximum Gasteiger partial charge on any atom is 0.256 e. The van der Waals surface area contributed by atoms with Crippen molar-refractivity contribution in [3.05, 3.63) is 64.7 Å². The number of hydrogen-bond donors (Lipinski definition) is 1. The van der Waals surface area contributed by atoms with Crippen molar-refractivity contribution in [2.24, 2.45) is 0 Å². The third-order valence-corrected chi connectivity index (χ3v) is 4.66. The molecule has 0 atom stereocenters.